The number of hydrogen-bond acceptors (Lipinski definition) is 4. The van der Waals surface area contributed by atoms with E-state index in [1.165, 1.54) is 56.2 Å². The maximum Gasteiger partial charge on any atom is 0.248 e. The van der Waals surface area contributed by atoms with Crippen LogP contribution in [0.4, 0.5) is 0 Å². The Hall–Kier alpha value is -2.63. The summed E-state index contributed by atoms with van der Waals surface area (Å²) < 4.78 is 0. The molecule has 0 saturated heterocycles. The van der Waals surface area contributed by atoms with Crippen molar-refractivity contribution in [1.82, 2.24) is 10.3 Å². The average Bonchev–Trinajstić information content (AvgIpc) is 2.76. The van der Waals surface area contributed by atoms with Gasteiger partial charge in [0.2, 0.25) is 5.56 Å². The fraction of sp³-hybridized carbons (Fsp3) is 0.400. The van der Waals surface area contributed by atoms with Crippen LogP contribution in [0.2, 0.25) is 0 Å². The lowest BCUT2D eigenvalue weighted by atomic mass is 10.0. The van der Waals surface area contributed by atoms with Gasteiger partial charge in [0.1, 0.15) is 5.75 Å². The van der Waals surface area contributed by atoms with Crippen LogP contribution in [-0.4, -0.2) is 28.3 Å². The molecule has 1 aromatic heterocycles. The molecule has 0 spiro atoms. The van der Waals surface area contributed by atoms with E-state index in [0.717, 1.165) is 13.0 Å². The molecule has 1 atom stereocenters. The second-order valence-electron chi connectivity index (χ2n) is 7.86. The van der Waals surface area contributed by atoms with Gasteiger partial charge < -0.3 is 20.5 Å². The van der Waals surface area contributed by atoms with E-state index in [-0.39, 0.29) is 11.3 Å². The molecule has 0 amide bonds. The molecule has 30 heavy (non-hydrogen) atoms. The van der Waals surface area contributed by atoms with Crippen molar-refractivity contribution in [3.8, 4) is 5.75 Å². The molecule has 3 rings (SSSR count). The van der Waals surface area contributed by atoms with E-state index in [1.54, 1.807) is 12.1 Å². The van der Waals surface area contributed by atoms with Crippen LogP contribution in [0, 0.1) is 0 Å². The van der Waals surface area contributed by atoms with E-state index in [2.05, 4.69) is 40.6 Å². The van der Waals surface area contributed by atoms with Crippen molar-refractivity contribution in [1.29, 1.82) is 0 Å². The monoisotopic (exact) mass is 408 g/mol. The van der Waals surface area contributed by atoms with Gasteiger partial charge in [-0.2, -0.15) is 0 Å². The number of aryl methyl sites for hydroxylation is 1. The summed E-state index contributed by atoms with van der Waals surface area (Å²) in [6.45, 7) is 1.31. The SMILES string of the molecule is O=c1ccc2c(C(O)CNCCCCCCCCc3ccccc3)ccc(O)c2[nH]1. The highest BCUT2D eigenvalue weighted by molar-refractivity contribution is 5.87. The van der Waals surface area contributed by atoms with Crippen molar-refractivity contribution >= 4 is 10.9 Å². The van der Waals surface area contributed by atoms with Gasteiger partial charge in [0.15, 0.2) is 0 Å². The van der Waals surface area contributed by atoms with Gasteiger partial charge in [-0.15, -0.1) is 0 Å². The summed E-state index contributed by atoms with van der Waals surface area (Å²) in [6.07, 6.45) is 7.80. The predicted molar refractivity (Wildman–Crippen MR) is 122 cm³/mol. The minimum absolute atomic E-state index is 0.00961. The Balaban J connectivity index is 1.30. The Morgan fingerprint density at radius 1 is 0.867 bits per heavy atom. The normalized spacial score (nSPS) is 12.3. The highest BCUT2D eigenvalue weighted by atomic mass is 16.3. The topological polar surface area (TPSA) is 85.3 Å². The largest absolute Gasteiger partial charge is 0.506 e. The lowest BCUT2D eigenvalue weighted by molar-refractivity contribution is 0.176. The minimum atomic E-state index is -0.697. The summed E-state index contributed by atoms with van der Waals surface area (Å²) in [5, 5.41) is 24.5. The van der Waals surface area contributed by atoms with Gasteiger partial charge in [-0.05, 0) is 49.1 Å². The Kier molecular flexibility index (Phi) is 8.48. The molecule has 0 saturated carbocycles. The van der Waals surface area contributed by atoms with Crippen LogP contribution >= 0.6 is 0 Å². The van der Waals surface area contributed by atoms with Crippen LogP contribution in [0.5, 0.6) is 5.75 Å². The van der Waals surface area contributed by atoms with E-state index in [1.807, 2.05) is 0 Å². The standard InChI is InChI=1S/C25H32N2O3/c28-22-15-13-20(21-14-16-24(30)27-25(21)22)23(29)18-26-17-9-4-2-1-3-6-10-19-11-7-5-8-12-19/h5,7-8,11-16,23,26,28-29H,1-4,6,9-10,17-18H2,(H,27,30). The molecule has 2 aromatic carbocycles. The lowest BCUT2D eigenvalue weighted by Crippen LogP contribution is -2.22. The smallest absolute Gasteiger partial charge is 0.248 e. The summed E-state index contributed by atoms with van der Waals surface area (Å²) in [5.74, 6) is 0.00961. The number of nitrogens with one attached hydrogen (secondary N) is 2. The zero-order chi connectivity index (χ0) is 21.2. The molecule has 0 fully saturated rings. The second kappa shape index (κ2) is 11.5. The van der Waals surface area contributed by atoms with Crippen molar-refractivity contribution < 1.29 is 10.2 Å². The van der Waals surface area contributed by atoms with Crippen molar-refractivity contribution in [3.05, 3.63) is 76.1 Å². The first-order valence-electron chi connectivity index (χ1n) is 10.9. The van der Waals surface area contributed by atoms with Gasteiger partial charge in [-0.3, -0.25) is 4.79 Å². The molecule has 0 aliphatic carbocycles. The number of rotatable bonds is 12. The number of hydrogen-bond donors (Lipinski definition) is 4. The number of aliphatic hydroxyl groups excluding tert-OH is 1. The molecule has 5 heteroatoms. The van der Waals surface area contributed by atoms with E-state index < -0.39 is 6.10 Å². The second-order valence-corrected chi connectivity index (χ2v) is 7.86. The predicted octanol–water partition coefficient (Wildman–Crippen LogP) is 4.44. The molecular formula is C25H32N2O3. The number of phenolic OH excluding ortho intramolecular Hbond substituents is 1. The van der Waals surface area contributed by atoms with Crippen molar-refractivity contribution in [2.75, 3.05) is 13.1 Å². The van der Waals surface area contributed by atoms with Crippen LogP contribution in [0.1, 0.15) is 55.8 Å². The van der Waals surface area contributed by atoms with E-state index in [4.69, 9.17) is 0 Å². The summed E-state index contributed by atoms with van der Waals surface area (Å²) in [5.41, 5.74) is 2.21. The van der Waals surface area contributed by atoms with Crippen molar-refractivity contribution in [2.24, 2.45) is 0 Å². The quantitative estimate of drug-likeness (QED) is 0.334. The molecule has 160 valence electrons. The van der Waals surface area contributed by atoms with E-state index >= 15 is 0 Å². The number of pyridine rings is 1. The summed E-state index contributed by atoms with van der Waals surface area (Å²) in [6, 6.07) is 16.9. The zero-order valence-electron chi connectivity index (χ0n) is 17.4. The third kappa shape index (κ3) is 6.44. The fourth-order valence-electron chi connectivity index (χ4n) is 3.83. The maximum absolute atomic E-state index is 11.5. The van der Waals surface area contributed by atoms with Crippen LogP contribution in [0.3, 0.4) is 0 Å². The number of unbranched alkanes of at least 4 members (excludes halogenated alkanes) is 5. The van der Waals surface area contributed by atoms with Crippen LogP contribution < -0.4 is 10.9 Å². The number of phenols is 1. The van der Waals surface area contributed by atoms with Crippen LogP contribution in [0.15, 0.2) is 59.4 Å². The van der Waals surface area contributed by atoms with Crippen molar-refractivity contribution in [2.45, 2.75) is 51.0 Å². The summed E-state index contributed by atoms with van der Waals surface area (Å²) in [4.78, 5) is 14.1. The third-order valence-corrected chi connectivity index (χ3v) is 5.52. The Labute approximate surface area is 177 Å². The minimum Gasteiger partial charge on any atom is -0.506 e. The first-order valence-corrected chi connectivity index (χ1v) is 10.9. The molecule has 0 bridgehead atoms. The first-order chi connectivity index (χ1) is 14.6. The van der Waals surface area contributed by atoms with Gasteiger partial charge >= 0.3 is 0 Å². The third-order valence-electron chi connectivity index (χ3n) is 5.52. The molecule has 3 aromatic rings. The van der Waals surface area contributed by atoms with Gasteiger partial charge in [0, 0.05) is 18.0 Å². The molecule has 5 nitrogen and oxygen atoms in total. The van der Waals surface area contributed by atoms with Gasteiger partial charge in [0.25, 0.3) is 0 Å². The summed E-state index contributed by atoms with van der Waals surface area (Å²) in [7, 11) is 0. The van der Waals surface area contributed by atoms with Crippen molar-refractivity contribution in [3.63, 3.8) is 0 Å². The number of aromatic amines is 1. The molecule has 4 N–H and O–H groups in total. The molecule has 1 unspecified atom stereocenters. The van der Waals surface area contributed by atoms with E-state index in [0.29, 0.717) is 23.0 Å². The molecular weight excluding hydrogens is 376 g/mol. The zero-order valence-corrected chi connectivity index (χ0v) is 17.4. The number of fused-ring (bicyclic) bond motifs is 1. The number of aromatic nitrogens is 1. The first kappa shape index (κ1) is 22.1. The number of aliphatic hydroxyl groups is 1. The van der Waals surface area contributed by atoms with Crippen LogP contribution in [0.25, 0.3) is 10.9 Å². The Morgan fingerprint density at radius 3 is 2.40 bits per heavy atom. The molecule has 0 aliphatic rings. The fourth-order valence-corrected chi connectivity index (χ4v) is 3.83. The van der Waals surface area contributed by atoms with Crippen LogP contribution in [-0.2, 0) is 6.42 Å². The number of aromatic hydroxyl groups is 1. The Morgan fingerprint density at radius 2 is 1.60 bits per heavy atom. The highest BCUT2D eigenvalue weighted by Crippen LogP contribution is 2.28. The maximum atomic E-state index is 11.5. The number of benzene rings is 2. The summed E-state index contributed by atoms with van der Waals surface area (Å²) >= 11 is 0. The lowest BCUT2D eigenvalue weighted by Gasteiger charge is -2.15. The molecule has 1 heterocycles. The Bertz CT molecular complexity index is 969. The highest BCUT2D eigenvalue weighted by Gasteiger charge is 2.13. The average molecular weight is 409 g/mol. The van der Waals surface area contributed by atoms with Gasteiger partial charge in [-0.1, -0.05) is 62.1 Å². The van der Waals surface area contributed by atoms with Gasteiger partial charge in [-0.25, -0.2) is 0 Å². The molecule has 0 aliphatic heterocycles. The number of H-pyrrole nitrogens is 1. The molecule has 0 radical (unpaired) electrons. The van der Waals surface area contributed by atoms with Gasteiger partial charge in [0.05, 0.1) is 11.6 Å². The van der Waals surface area contributed by atoms with E-state index in [9.17, 15) is 15.0 Å².